The van der Waals surface area contributed by atoms with Gasteiger partial charge in [-0.05, 0) is 35.8 Å². The first-order valence-electron chi connectivity index (χ1n) is 8.27. The molecule has 0 saturated heterocycles. The molecule has 0 aromatic heterocycles. The van der Waals surface area contributed by atoms with Crippen LogP contribution in [0.25, 0.3) is 11.3 Å². The van der Waals surface area contributed by atoms with Gasteiger partial charge in [-0.3, -0.25) is 0 Å². The molecule has 0 fully saturated rings. The van der Waals surface area contributed by atoms with Crippen molar-refractivity contribution in [3.8, 4) is 0 Å². The Hall–Kier alpha value is -3.13. The average Bonchev–Trinajstić information content (AvgIpc) is 2.65. The van der Waals surface area contributed by atoms with Crippen molar-refractivity contribution in [3.05, 3.63) is 109 Å². The average molecular weight is 328 g/mol. The third-order valence-corrected chi connectivity index (χ3v) is 4.19. The van der Waals surface area contributed by atoms with Gasteiger partial charge in [0, 0.05) is 11.5 Å². The fourth-order valence-corrected chi connectivity index (χ4v) is 3.05. The highest BCUT2D eigenvalue weighted by Crippen LogP contribution is 2.39. The van der Waals surface area contributed by atoms with E-state index in [1.165, 1.54) is 0 Å². The normalized spacial score (nSPS) is 17.4. The van der Waals surface area contributed by atoms with Crippen LogP contribution in [-0.2, 0) is 4.74 Å². The SMILES string of the molecule is C=C/C=C1/c2ccccc2C(OC(=O)c2ccccc2)=CC1CC=C. The van der Waals surface area contributed by atoms with Crippen molar-refractivity contribution in [1.29, 1.82) is 0 Å². The largest absolute Gasteiger partial charge is 0.423 e. The maximum absolute atomic E-state index is 12.5. The molecule has 2 nitrogen and oxygen atoms in total. The molecule has 25 heavy (non-hydrogen) atoms. The highest BCUT2D eigenvalue weighted by atomic mass is 16.5. The van der Waals surface area contributed by atoms with Crippen molar-refractivity contribution in [2.45, 2.75) is 6.42 Å². The monoisotopic (exact) mass is 328 g/mol. The third-order valence-electron chi connectivity index (χ3n) is 4.19. The van der Waals surface area contributed by atoms with Gasteiger partial charge in [-0.2, -0.15) is 0 Å². The lowest BCUT2D eigenvalue weighted by atomic mass is 9.81. The minimum atomic E-state index is -0.352. The maximum atomic E-state index is 12.5. The Labute approximate surface area is 148 Å². The molecule has 2 heteroatoms. The molecule has 0 N–H and O–H groups in total. The van der Waals surface area contributed by atoms with Crippen molar-refractivity contribution >= 4 is 17.3 Å². The Kier molecular flexibility index (Phi) is 5.10. The Morgan fingerprint density at radius 1 is 1.00 bits per heavy atom. The molecule has 0 aliphatic heterocycles. The summed E-state index contributed by atoms with van der Waals surface area (Å²) in [5, 5.41) is 0. The summed E-state index contributed by atoms with van der Waals surface area (Å²) in [6, 6.07) is 17.0. The number of carbonyl (C=O) groups excluding carboxylic acids is 1. The molecular formula is C23H20O2. The summed E-state index contributed by atoms with van der Waals surface area (Å²) in [5.41, 5.74) is 3.67. The lowest BCUT2D eigenvalue weighted by molar-refractivity contribution is 0.0691. The van der Waals surface area contributed by atoms with Gasteiger partial charge < -0.3 is 4.74 Å². The summed E-state index contributed by atoms with van der Waals surface area (Å²) in [5.74, 6) is 0.344. The topological polar surface area (TPSA) is 26.3 Å². The molecule has 1 unspecified atom stereocenters. The van der Waals surface area contributed by atoms with Gasteiger partial charge in [-0.1, -0.05) is 67.3 Å². The molecule has 2 aromatic rings. The molecule has 1 atom stereocenters. The van der Waals surface area contributed by atoms with E-state index in [9.17, 15) is 4.79 Å². The van der Waals surface area contributed by atoms with Gasteiger partial charge in [-0.15, -0.1) is 6.58 Å². The van der Waals surface area contributed by atoms with E-state index in [0.717, 1.165) is 23.1 Å². The van der Waals surface area contributed by atoms with Crippen molar-refractivity contribution < 1.29 is 9.53 Å². The van der Waals surface area contributed by atoms with Crippen molar-refractivity contribution in [1.82, 2.24) is 0 Å². The maximum Gasteiger partial charge on any atom is 0.343 e. The fraction of sp³-hybridized carbons (Fsp3) is 0.0870. The third kappa shape index (κ3) is 3.53. The minimum absolute atomic E-state index is 0.101. The molecule has 0 radical (unpaired) electrons. The summed E-state index contributed by atoms with van der Waals surface area (Å²) in [6.45, 7) is 7.67. The van der Waals surface area contributed by atoms with E-state index in [0.29, 0.717) is 11.3 Å². The molecule has 1 aliphatic rings. The first kappa shape index (κ1) is 16.7. The standard InChI is InChI=1S/C23H20O2/c1-3-10-18-16-22(25-23(24)17-12-6-5-7-13-17)21-15-9-8-14-20(21)19(18)11-4-2/h3-9,11-16,18H,1-2,10H2/b19-11+. The number of fused-ring (bicyclic) bond motifs is 1. The summed E-state index contributed by atoms with van der Waals surface area (Å²) < 4.78 is 5.74. The fourth-order valence-electron chi connectivity index (χ4n) is 3.05. The molecule has 0 spiro atoms. The number of hydrogen-bond donors (Lipinski definition) is 0. The van der Waals surface area contributed by atoms with Crippen LogP contribution >= 0.6 is 0 Å². The first-order valence-corrected chi connectivity index (χ1v) is 8.27. The lowest BCUT2D eigenvalue weighted by Gasteiger charge is -2.26. The van der Waals surface area contributed by atoms with E-state index in [1.54, 1.807) is 18.2 Å². The van der Waals surface area contributed by atoms with Gasteiger partial charge in [0.15, 0.2) is 0 Å². The summed E-state index contributed by atoms with van der Waals surface area (Å²) in [4.78, 5) is 12.5. The molecule has 1 aliphatic carbocycles. The minimum Gasteiger partial charge on any atom is -0.423 e. The zero-order valence-electron chi connectivity index (χ0n) is 14.0. The van der Waals surface area contributed by atoms with Gasteiger partial charge in [-0.25, -0.2) is 4.79 Å². The van der Waals surface area contributed by atoms with E-state index in [2.05, 4.69) is 13.2 Å². The molecule has 0 heterocycles. The molecule has 0 bridgehead atoms. The van der Waals surface area contributed by atoms with Crippen molar-refractivity contribution in [2.24, 2.45) is 5.92 Å². The van der Waals surface area contributed by atoms with Crippen molar-refractivity contribution in [3.63, 3.8) is 0 Å². The van der Waals surface area contributed by atoms with Gasteiger partial charge in [0.2, 0.25) is 0 Å². The zero-order chi connectivity index (χ0) is 17.6. The van der Waals surface area contributed by atoms with Crippen LogP contribution in [0.1, 0.15) is 27.9 Å². The van der Waals surface area contributed by atoms with E-state index in [1.807, 2.05) is 60.7 Å². The smallest absolute Gasteiger partial charge is 0.343 e. The predicted molar refractivity (Wildman–Crippen MR) is 103 cm³/mol. The number of benzene rings is 2. The van der Waals surface area contributed by atoms with Crippen molar-refractivity contribution in [2.75, 3.05) is 0 Å². The van der Waals surface area contributed by atoms with E-state index < -0.39 is 0 Å². The number of carbonyl (C=O) groups is 1. The Balaban J connectivity index is 2.01. The van der Waals surface area contributed by atoms with Crippen LogP contribution < -0.4 is 0 Å². The van der Waals surface area contributed by atoms with Gasteiger partial charge in [0.1, 0.15) is 5.76 Å². The van der Waals surface area contributed by atoms with E-state index >= 15 is 0 Å². The number of allylic oxidation sites excluding steroid dienone is 5. The van der Waals surface area contributed by atoms with Crippen LogP contribution in [0.15, 0.2) is 92.1 Å². The lowest BCUT2D eigenvalue weighted by Crippen LogP contribution is -2.13. The number of rotatable bonds is 5. The second-order valence-electron chi connectivity index (χ2n) is 5.82. The number of ether oxygens (including phenoxy) is 1. The molecule has 124 valence electrons. The molecule has 0 saturated carbocycles. The van der Waals surface area contributed by atoms with Gasteiger partial charge >= 0.3 is 5.97 Å². The van der Waals surface area contributed by atoms with Gasteiger partial charge in [0.05, 0.1) is 5.56 Å². The van der Waals surface area contributed by atoms with Crippen LogP contribution in [0, 0.1) is 5.92 Å². The van der Waals surface area contributed by atoms with Gasteiger partial charge in [0.25, 0.3) is 0 Å². The summed E-state index contributed by atoms with van der Waals surface area (Å²) >= 11 is 0. The first-order chi connectivity index (χ1) is 12.2. The second-order valence-corrected chi connectivity index (χ2v) is 5.82. The highest BCUT2D eigenvalue weighted by molar-refractivity contribution is 5.95. The molecule has 2 aromatic carbocycles. The Morgan fingerprint density at radius 3 is 2.36 bits per heavy atom. The number of esters is 1. The van der Waals surface area contributed by atoms with E-state index in [4.69, 9.17) is 4.74 Å². The van der Waals surface area contributed by atoms with Crippen LogP contribution in [0.3, 0.4) is 0 Å². The van der Waals surface area contributed by atoms with Crippen LogP contribution in [0.5, 0.6) is 0 Å². The molecular weight excluding hydrogens is 308 g/mol. The highest BCUT2D eigenvalue weighted by Gasteiger charge is 2.25. The molecule has 3 rings (SSSR count). The summed E-state index contributed by atoms with van der Waals surface area (Å²) in [7, 11) is 0. The number of hydrogen-bond acceptors (Lipinski definition) is 2. The molecule has 0 amide bonds. The van der Waals surface area contributed by atoms with Crippen LogP contribution in [-0.4, -0.2) is 5.97 Å². The van der Waals surface area contributed by atoms with Crippen LogP contribution in [0.2, 0.25) is 0 Å². The van der Waals surface area contributed by atoms with E-state index in [-0.39, 0.29) is 11.9 Å². The quantitative estimate of drug-likeness (QED) is 0.523. The zero-order valence-corrected chi connectivity index (χ0v) is 14.0. The Morgan fingerprint density at radius 2 is 1.68 bits per heavy atom. The summed E-state index contributed by atoms with van der Waals surface area (Å²) in [6.07, 6.45) is 8.44. The van der Waals surface area contributed by atoms with Crippen LogP contribution in [0.4, 0.5) is 0 Å². The predicted octanol–water partition coefficient (Wildman–Crippen LogP) is 5.66. The Bertz CT molecular complexity index is 857. The second kappa shape index (κ2) is 7.63.